The minimum absolute atomic E-state index is 0.00780. The Hall–Kier alpha value is -2.89. The Kier molecular flexibility index (Phi) is 7.64. The fourth-order valence-electron chi connectivity index (χ4n) is 6.84. The number of hydrogen-bond acceptors (Lipinski definition) is 5. The van der Waals surface area contributed by atoms with Crippen LogP contribution in [0.3, 0.4) is 0 Å². The highest BCUT2D eigenvalue weighted by atomic mass is 35.5. The molecule has 2 aromatic carbocycles. The Balaban J connectivity index is 1.14. The van der Waals surface area contributed by atoms with E-state index in [1.165, 1.54) is 17.0 Å². The van der Waals surface area contributed by atoms with Crippen LogP contribution < -0.4 is 4.74 Å². The molecule has 12 heteroatoms. The van der Waals surface area contributed by atoms with E-state index in [9.17, 15) is 32.3 Å². The second-order valence-corrected chi connectivity index (χ2v) is 12.2. The number of piperidine rings is 1. The number of halogens is 5. The summed E-state index contributed by atoms with van der Waals surface area (Å²) in [6.07, 6.45) is -1.33. The lowest BCUT2D eigenvalue weighted by Crippen LogP contribution is -2.59. The number of fused-ring (bicyclic) bond motifs is 1. The van der Waals surface area contributed by atoms with Crippen molar-refractivity contribution in [1.29, 1.82) is 0 Å². The Morgan fingerprint density at radius 1 is 1.07 bits per heavy atom. The maximum atomic E-state index is 13.9. The lowest BCUT2D eigenvalue weighted by molar-refractivity contribution is -0.181. The Morgan fingerprint density at radius 2 is 1.81 bits per heavy atom. The molecule has 2 aromatic rings. The molecule has 3 heterocycles. The summed E-state index contributed by atoms with van der Waals surface area (Å²) in [6, 6.07) is 7.70. The lowest BCUT2D eigenvalue weighted by Gasteiger charge is -2.47. The zero-order valence-corrected chi connectivity index (χ0v) is 23.5. The number of carbonyl (C=O) groups is 2. The molecule has 1 unspecified atom stereocenters. The topological polar surface area (TPSA) is 79.3 Å². The molecule has 4 aliphatic rings. The molecule has 0 radical (unpaired) electrons. The zero-order chi connectivity index (χ0) is 29.8. The number of carboxylic acids is 1. The number of aliphatic carboxylic acids is 1. The summed E-state index contributed by atoms with van der Waals surface area (Å²) in [5, 5.41) is 9.86. The van der Waals surface area contributed by atoms with Crippen LogP contribution >= 0.6 is 11.6 Å². The average molecular weight is 611 g/mol. The Morgan fingerprint density at radius 3 is 2.43 bits per heavy atom. The number of ether oxygens (including phenoxy) is 2. The number of carboxylic acid groups (broad SMARTS) is 1. The van der Waals surface area contributed by atoms with Gasteiger partial charge in [0, 0.05) is 18.2 Å². The number of rotatable bonds is 5. The van der Waals surface area contributed by atoms with Crippen LogP contribution in [-0.4, -0.2) is 64.9 Å². The van der Waals surface area contributed by atoms with E-state index in [-0.39, 0.29) is 65.8 Å². The van der Waals surface area contributed by atoms with Gasteiger partial charge in [0.15, 0.2) is 6.73 Å². The van der Waals surface area contributed by atoms with E-state index in [0.29, 0.717) is 32.4 Å². The van der Waals surface area contributed by atoms with E-state index in [1.807, 2.05) is 0 Å². The van der Waals surface area contributed by atoms with Crippen LogP contribution in [0.5, 0.6) is 5.75 Å². The molecule has 0 aromatic heterocycles. The van der Waals surface area contributed by atoms with Crippen molar-refractivity contribution < 1.29 is 41.7 Å². The van der Waals surface area contributed by atoms with Gasteiger partial charge in [0.1, 0.15) is 17.2 Å². The molecule has 0 bridgehead atoms. The van der Waals surface area contributed by atoms with Crippen LogP contribution in [0.1, 0.15) is 54.7 Å². The molecular formula is C30H31ClF4N2O5. The predicted molar refractivity (Wildman–Crippen MR) is 143 cm³/mol. The third kappa shape index (κ3) is 5.46. The van der Waals surface area contributed by atoms with Gasteiger partial charge in [0.25, 0.3) is 5.91 Å². The maximum absolute atomic E-state index is 13.9. The molecule has 1 saturated carbocycles. The van der Waals surface area contributed by atoms with Gasteiger partial charge in [-0.25, -0.2) is 4.39 Å². The van der Waals surface area contributed by atoms with Crippen molar-refractivity contribution in [2.75, 3.05) is 26.4 Å². The average Bonchev–Trinajstić information content (AvgIpc) is 3.82. The second kappa shape index (κ2) is 11.0. The van der Waals surface area contributed by atoms with Gasteiger partial charge in [0.05, 0.1) is 29.7 Å². The van der Waals surface area contributed by atoms with Crippen LogP contribution in [0.25, 0.3) is 0 Å². The molecule has 1 N–H and O–H groups in total. The quantitative estimate of drug-likeness (QED) is 0.438. The first-order valence-corrected chi connectivity index (χ1v) is 14.5. The second-order valence-electron chi connectivity index (χ2n) is 11.8. The molecule has 3 aliphatic heterocycles. The number of carbonyl (C=O) groups excluding carboxylic acids is 1. The molecule has 6 rings (SSSR count). The molecular weight excluding hydrogens is 580 g/mol. The van der Waals surface area contributed by atoms with Crippen LogP contribution in [-0.2, 0) is 27.0 Å². The van der Waals surface area contributed by atoms with Gasteiger partial charge in [-0.05, 0) is 80.3 Å². The molecule has 7 nitrogen and oxygen atoms in total. The molecule has 1 amide bonds. The predicted octanol–water partition coefficient (Wildman–Crippen LogP) is 5.69. The third-order valence-electron chi connectivity index (χ3n) is 9.22. The van der Waals surface area contributed by atoms with Gasteiger partial charge in [-0.3, -0.25) is 14.5 Å². The molecule has 3 fully saturated rings. The van der Waals surface area contributed by atoms with E-state index in [1.54, 1.807) is 12.1 Å². The highest BCUT2D eigenvalue weighted by Crippen LogP contribution is 2.49. The van der Waals surface area contributed by atoms with Crippen molar-refractivity contribution in [3.63, 3.8) is 0 Å². The summed E-state index contributed by atoms with van der Waals surface area (Å²) >= 11 is 6.08. The number of nitrogens with zero attached hydrogens (tertiary/aromatic N) is 2. The number of alkyl halides is 3. The monoisotopic (exact) mass is 610 g/mol. The van der Waals surface area contributed by atoms with Crippen molar-refractivity contribution >= 4 is 23.5 Å². The molecule has 1 aliphatic carbocycles. The van der Waals surface area contributed by atoms with E-state index in [4.69, 9.17) is 21.1 Å². The van der Waals surface area contributed by atoms with E-state index in [2.05, 4.69) is 4.90 Å². The maximum Gasteiger partial charge on any atom is 0.416 e. The van der Waals surface area contributed by atoms with Crippen LogP contribution in [0, 0.1) is 17.7 Å². The number of benzene rings is 2. The summed E-state index contributed by atoms with van der Waals surface area (Å²) in [4.78, 5) is 29.7. The number of likely N-dealkylation sites (tertiary alicyclic amines) is 1. The van der Waals surface area contributed by atoms with Gasteiger partial charge in [0.2, 0.25) is 0 Å². The lowest BCUT2D eigenvalue weighted by atomic mass is 9.79. The summed E-state index contributed by atoms with van der Waals surface area (Å²) in [7, 11) is 0. The third-order valence-corrected chi connectivity index (χ3v) is 9.50. The summed E-state index contributed by atoms with van der Waals surface area (Å²) in [6.45, 7) is 0.981. The zero-order valence-electron chi connectivity index (χ0n) is 22.7. The summed E-state index contributed by atoms with van der Waals surface area (Å²) in [5.74, 6) is -2.33. The smallest absolute Gasteiger partial charge is 0.416 e. The first-order valence-electron chi connectivity index (χ1n) is 14.1. The van der Waals surface area contributed by atoms with Crippen molar-refractivity contribution in [3.05, 3.63) is 63.9 Å². The number of hydrogen-bond donors (Lipinski definition) is 1. The minimum atomic E-state index is -4.59. The fraction of sp³-hybridized carbons (Fsp3) is 0.533. The van der Waals surface area contributed by atoms with Gasteiger partial charge >= 0.3 is 12.1 Å². The van der Waals surface area contributed by atoms with Crippen LogP contribution in [0.2, 0.25) is 5.02 Å². The molecule has 4 atom stereocenters. The van der Waals surface area contributed by atoms with E-state index in [0.717, 1.165) is 30.5 Å². The molecule has 226 valence electrons. The SMILES string of the molecule is O=C(O)[C@@H]1CN([C@@H]2CC[C@@](C(=O)N3COc4c(Cl)cc(C(F)(F)F)cc4C3)(C3CC3)OC2)CCC1c1ccc(F)cc1. The first-order chi connectivity index (χ1) is 20.0. The largest absolute Gasteiger partial charge is 0.481 e. The highest BCUT2D eigenvalue weighted by Gasteiger charge is 2.56. The molecule has 0 spiro atoms. The van der Waals surface area contributed by atoms with Crippen molar-refractivity contribution in [2.45, 2.75) is 62.4 Å². The van der Waals surface area contributed by atoms with Crippen LogP contribution in [0.15, 0.2) is 36.4 Å². The summed E-state index contributed by atoms with van der Waals surface area (Å²) in [5.41, 5.74) is -1.00. The van der Waals surface area contributed by atoms with Gasteiger partial charge < -0.3 is 19.5 Å². The van der Waals surface area contributed by atoms with E-state index < -0.39 is 29.2 Å². The normalized spacial score (nSPS) is 28.6. The first kappa shape index (κ1) is 29.2. The van der Waals surface area contributed by atoms with Crippen LogP contribution in [0.4, 0.5) is 17.6 Å². The minimum Gasteiger partial charge on any atom is -0.481 e. The highest BCUT2D eigenvalue weighted by molar-refractivity contribution is 6.32. The standard InChI is InChI=1S/C30H31ClF4N2O5/c31-25-12-20(30(33,34)35)11-18-13-37(16-41-26(18)25)28(40)29(19-3-4-19)9-7-22(15-42-29)36-10-8-23(24(14-36)27(38)39)17-1-5-21(32)6-2-17/h1-2,5-6,11-12,19,22-24H,3-4,7-10,13-16H2,(H,38,39)/t22-,23?,24-,29+/m1/s1. The van der Waals surface area contributed by atoms with Gasteiger partial charge in [-0.1, -0.05) is 23.7 Å². The Labute approximate surface area is 245 Å². The van der Waals surface area contributed by atoms with Gasteiger partial charge in [-0.2, -0.15) is 13.2 Å². The van der Waals surface area contributed by atoms with Crippen molar-refractivity contribution in [2.24, 2.45) is 11.8 Å². The molecule has 2 saturated heterocycles. The van der Waals surface area contributed by atoms with Crippen molar-refractivity contribution in [3.8, 4) is 5.75 Å². The number of amides is 1. The van der Waals surface area contributed by atoms with Gasteiger partial charge in [-0.15, -0.1) is 0 Å². The fourth-order valence-corrected chi connectivity index (χ4v) is 7.13. The molecule has 42 heavy (non-hydrogen) atoms. The van der Waals surface area contributed by atoms with Crippen molar-refractivity contribution in [1.82, 2.24) is 9.80 Å². The summed E-state index contributed by atoms with van der Waals surface area (Å²) < 4.78 is 65.7. The van der Waals surface area contributed by atoms with E-state index >= 15 is 0 Å². The Bertz CT molecular complexity index is 1360.